The predicted molar refractivity (Wildman–Crippen MR) is 124 cm³/mol. The number of nitrogens with one attached hydrogen (secondary N) is 3. The molecule has 1 heterocycles. The first-order valence-electron chi connectivity index (χ1n) is 11.0. The number of anilines is 1. The van der Waals surface area contributed by atoms with Crippen molar-refractivity contribution in [1.29, 1.82) is 0 Å². The lowest BCUT2D eigenvalue weighted by Crippen LogP contribution is -2.54. The van der Waals surface area contributed by atoms with Crippen molar-refractivity contribution >= 4 is 23.4 Å². The minimum absolute atomic E-state index is 0.131. The van der Waals surface area contributed by atoms with Crippen LogP contribution in [0.3, 0.4) is 0 Å². The minimum atomic E-state index is -1.10. The van der Waals surface area contributed by atoms with Crippen LogP contribution in [0.4, 0.5) is 14.5 Å². The lowest BCUT2D eigenvalue weighted by Gasteiger charge is -2.26. The number of hydrogen-bond donors (Lipinski definition) is 3. The number of hydrogen-bond acceptors (Lipinski definition) is 4. The summed E-state index contributed by atoms with van der Waals surface area (Å²) in [6.45, 7) is 1.45. The van der Waals surface area contributed by atoms with Gasteiger partial charge >= 0.3 is 0 Å². The number of ether oxygens (including phenoxy) is 1. The van der Waals surface area contributed by atoms with E-state index in [0.29, 0.717) is 23.1 Å². The summed E-state index contributed by atoms with van der Waals surface area (Å²) in [5.74, 6) is -2.86. The second-order valence-electron chi connectivity index (χ2n) is 8.16. The van der Waals surface area contributed by atoms with E-state index in [1.165, 1.54) is 6.92 Å². The zero-order chi connectivity index (χ0) is 24.9. The summed E-state index contributed by atoms with van der Waals surface area (Å²) in [6.07, 6.45) is -1.15. The quantitative estimate of drug-likeness (QED) is 0.506. The highest BCUT2D eigenvalue weighted by Crippen LogP contribution is 2.34. The molecule has 3 aromatic rings. The van der Waals surface area contributed by atoms with Crippen molar-refractivity contribution in [3.8, 4) is 5.75 Å². The molecule has 0 saturated carbocycles. The van der Waals surface area contributed by atoms with E-state index in [2.05, 4.69) is 16.0 Å². The monoisotopic (exact) mass is 479 g/mol. The number of carbonyl (C=O) groups excluding carboxylic acids is 3. The fraction of sp³-hybridized carbons (Fsp3) is 0.192. The highest BCUT2D eigenvalue weighted by Gasteiger charge is 2.37. The maximum absolute atomic E-state index is 13.4. The van der Waals surface area contributed by atoms with Gasteiger partial charge < -0.3 is 20.7 Å². The maximum Gasteiger partial charge on any atom is 0.251 e. The van der Waals surface area contributed by atoms with Crippen LogP contribution in [0.15, 0.2) is 72.8 Å². The molecule has 0 saturated heterocycles. The Bertz CT molecular complexity index is 1230. The van der Waals surface area contributed by atoms with Gasteiger partial charge in [-0.15, -0.1) is 0 Å². The van der Waals surface area contributed by atoms with Crippen LogP contribution in [0.5, 0.6) is 5.75 Å². The molecule has 0 aliphatic carbocycles. The SMILES string of the molecule is C[C@H](NC(=O)Cc1cc(F)cc(F)c1)C(=O)NC1C(=O)Nc2ccccc2OC1c1ccccc1. The third-order valence-corrected chi connectivity index (χ3v) is 5.47. The summed E-state index contributed by atoms with van der Waals surface area (Å²) in [6, 6.07) is 16.6. The number of amides is 3. The molecule has 3 aromatic carbocycles. The Morgan fingerprint density at radius 2 is 1.66 bits per heavy atom. The lowest BCUT2D eigenvalue weighted by molar-refractivity contribution is -0.131. The average Bonchev–Trinajstić information content (AvgIpc) is 2.95. The highest BCUT2D eigenvalue weighted by atomic mass is 19.1. The van der Waals surface area contributed by atoms with Gasteiger partial charge in [-0.05, 0) is 42.3 Å². The van der Waals surface area contributed by atoms with Gasteiger partial charge in [0.25, 0.3) is 5.91 Å². The topological polar surface area (TPSA) is 96.5 Å². The van der Waals surface area contributed by atoms with E-state index in [4.69, 9.17) is 4.74 Å². The van der Waals surface area contributed by atoms with Crippen LogP contribution in [0.1, 0.15) is 24.2 Å². The van der Waals surface area contributed by atoms with Gasteiger partial charge in [-0.3, -0.25) is 14.4 Å². The molecule has 1 aliphatic heterocycles. The summed E-state index contributed by atoms with van der Waals surface area (Å²) in [5, 5.41) is 7.92. The molecule has 35 heavy (non-hydrogen) atoms. The molecule has 7 nitrogen and oxygen atoms in total. The van der Waals surface area contributed by atoms with Gasteiger partial charge in [0.15, 0.2) is 6.10 Å². The Kier molecular flexibility index (Phi) is 7.05. The maximum atomic E-state index is 13.4. The first-order chi connectivity index (χ1) is 16.8. The summed E-state index contributed by atoms with van der Waals surface area (Å²) in [7, 11) is 0. The van der Waals surface area contributed by atoms with E-state index >= 15 is 0 Å². The van der Waals surface area contributed by atoms with Crippen LogP contribution in [0.2, 0.25) is 0 Å². The first kappa shape index (κ1) is 23.9. The van der Waals surface area contributed by atoms with Gasteiger partial charge in [-0.2, -0.15) is 0 Å². The number of benzene rings is 3. The van der Waals surface area contributed by atoms with E-state index in [0.717, 1.165) is 12.1 Å². The number of para-hydroxylation sites is 2. The van der Waals surface area contributed by atoms with Crippen molar-refractivity contribution in [1.82, 2.24) is 10.6 Å². The second-order valence-corrected chi connectivity index (χ2v) is 8.16. The molecule has 0 aromatic heterocycles. The van der Waals surface area contributed by atoms with Crippen LogP contribution in [0, 0.1) is 11.6 Å². The summed E-state index contributed by atoms with van der Waals surface area (Å²) in [5.41, 5.74) is 1.28. The van der Waals surface area contributed by atoms with Gasteiger partial charge in [-0.1, -0.05) is 42.5 Å². The Hall–Kier alpha value is -4.27. The van der Waals surface area contributed by atoms with Gasteiger partial charge in [0.05, 0.1) is 12.1 Å². The van der Waals surface area contributed by atoms with E-state index in [1.54, 1.807) is 48.5 Å². The van der Waals surface area contributed by atoms with E-state index in [1.807, 2.05) is 6.07 Å². The Morgan fingerprint density at radius 3 is 2.37 bits per heavy atom. The van der Waals surface area contributed by atoms with E-state index in [9.17, 15) is 23.2 Å². The number of carbonyl (C=O) groups is 3. The second kappa shape index (κ2) is 10.3. The van der Waals surface area contributed by atoms with Crippen molar-refractivity contribution < 1.29 is 27.9 Å². The Morgan fingerprint density at radius 1 is 1.00 bits per heavy atom. The summed E-state index contributed by atoms with van der Waals surface area (Å²) < 4.78 is 32.9. The Labute approximate surface area is 200 Å². The molecule has 0 spiro atoms. The average molecular weight is 479 g/mol. The predicted octanol–water partition coefficient (Wildman–Crippen LogP) is 3.27. The number of rotatable bonds is 6. The van der Waals surface area contributed by atoms with Crippen LogP contribution in [0.25, 0.3) is 0 Å². The van der Waals surface area contributed by atoms with Crippen molar-refractivity contribution in [3.63, 3.8) is 0 Å². The Balaban J connectivity index is 1.48. The highest BCUT2D eigenvalue weighted by molar-refractivity contribution is 6.00. The molecule has 0 fully saturated rings. The molecule has 180 valence electrons. The third kappa shape index (κ3) is 5.81. The molecular formula is C26H23F2N3O4. The van der Waals surface area contributed by atoms with Gasteiger partial charge in [0.1, 0.15) is 29.5 Å². The van der Waals surface area contributed by atoms with Crippen LogP contribution < -0.4 is 20.7 Å². The third-order valence-electron chi connectivity index (χ3n) is 5.47. The fourth-order valence-corrected chi connectivity index (χ4v) is 3.80. The molecule has 1 aliphatic rings. The molecule has 0 bridgehead atoms. The van der Waals surface area contributed by atoms with Crippen LogP contribution >= 0.6 is 0 Å². The van der Waals surface area contributed by atoms with Crippen molar-refractivity contribution in [2.24, 2.45) is 0 Å². The number of halogens is 2. The molecule has 4 rings (SSSR count). The van der Waals surface area contributed by atoms with Crippen molar-refractivity contribution in [2.75, 3.05) is 5.32 Å². The van der Waals surface area contributed by atoms with Gasteiger partial charge in [0.2, 0.25) is 11.8 Å². The molecule has 3 atom stereocenters. The minimum Gasteiger partial charge on any atom is -0.481 e. The molecule has 9 heteroatoms. The van der Waals surface area contributed by atoms with Crippen LogP contribution in [-0.2, 0) is 20.8 Å². The fourth-order valence-electron chi connectivity index (χ4n) is 3.80. The van der Waals surface area contributed by atoms with Crippen molar-refractivity contribution in [2.45, 2.75) is 31.5 Å². The lowest BCUT2D eigenvalue weighted by atomic mass is 10.0. The summed E-state index contributed by atoms with van der Waals surface area (Å²) in [4.78, 5) is 38.4. The molecule has 3 amide bonds. The standard InChI is InChI=1S/C26H23F2N3O4/c1-15(29-22(32)13-16-11-18(27)14-19(28)12-16)25(33)31-23-24(17-7-3-2-4-8-17)35-21-10-6-5-9-20(21)30-26(23)34/h2-12,14-15,23-24H,13H2,1H3,(H,29,32)(H,30,34)(H,31,33)/t15-,23?,24?/m0/s1. The molecule has 3 N–H and O–H groups in total. The van der Waals surface area contributed by atoms with Crippen LogP contribution in [-0.4, -0.2) is 29.8 Å². The van der Waals surface area contributed by atoms with E-state index in [-0.39, 0.29) is 12.0 Å². The smallest absolute Gasteiger partial charge is 0.251 e. The molecule has 2 unspecified atom stereocenters. The largest absolute Gasteiger partial charge is 0.481 e. The summed E-state index contributed by atoms with van der Waals surface area (Å²) >= 11 is 0. The van der Waals surface area contributed by atoms with Gasteiger partial charge in [-0.25, -0.2) is 8.78 Å². The van der Waals surface area contributed by atoms with Crippen molar-refractivity contribution in [3.05, 3.63) is 95.6 Å². The molecular weight excluding hydrogens is 456 g/mol. The number of fused-ring (bicyclic) bond motifs is 1. The zero-order valence-electron chi connectivity index (χ0n) is 18.8. The first-order valence-corrected chi connectivity index (χ1v) is 11.0. The molecule has 0 radical (unpaired) electrons. The zero-order valence-corrected chi connectivity index (χ0v) is 18.8. The van der Waals surface area contributed by atoms with E-state index < -0.39 is 47.5 Å². The van der Waals surface area contributed by atoms with Gasteiger partial charge in [0, 0.05) is 6.07 Å². The normalized spacial score (nSPS) is 17.7.